The highest BCUT2D eigenvalue weighted by molar-refractivity contribution is 9.10. The van der Waals surface area contributed by atoms with Crippen molar-refractivity contribution in [3.05, 3.63) is 69.0 Å². The van der Waals surface area contributed by atoms with Crippen LogP contribution in [0.2, 0.25) is 0 Å². The van der Waals surface area contributed by atoms with Gasteiger partial charge in [0.2, 0.25) is 5.91 Å². The summed E-state index contributed by atoms with van der Waals surface area (Å²) < 4.78 is 6.09. The molecule has 1 N–H and O–H groups in total. The van der Waals surface area contributed by atoms with Crippen molar-refractivity contribution >= 4 is 73.8 Å². The first kappa shape index (κ1) is 23.2. The highest BCUT2D eigenvalue weighted by Crippen LogP contribution is 2.32. The van der Waals surface area contributed by atoms with Gasteiger partial charge in [-0.25, -0.2) is 4.79 Å². The van der Waals surface area contributed by atoms with E-state index >= 15 is 0 Å². The van der Waals surface area contributed by atoms with Gasteiger partial charge in [0.25, 0.3) is 5.91 Å². The second kappa shape index (κ2) is 10.7. The van der Waals surface area contributed by atoms with Gasteiger partial charge in [-0.05, 0) is 54.5 Å². The molecule has 1 aliphatic rings. The van der Waals surface area contributed by atoms with Crippen molar-refractivity contribution in [1.82, 2.24) is 4.90 Å². The minimum atomic E-state index is -0.415. The molecule has 0 aliphatic carbocycles. The molecule has 0 aromatic heterocycles. The topological polar surface area (TPSA) is 75.7 Å². The van der Waals surface area contributed by atoms with E-state index in [9.17, 15) is 14.4 Å². The predicted octanol–water partition coefficient (Wildman–Crippen LogP) is 4.86. The third-order valence-electron chi connectivity index (χ3n) is 4.42. The monoisotopic (exact) mass is 518 g/mol. The quantitative estimate of drug-likeness (QED) is 0.320. The molecule has 6 nitrogen and oxygen atoms in total. The molecular formula is C22H19BrN2O4S2. The molecule has 2 amide bonds. The van der Waals surface area contributed by atoms with Crippen LogP contribution >= 0.6 is 39.9 Å². The van der Waals surface area contributed by atoms with Gasteiger partial charge >= 0.3 is 5.97 Å². The standard InChI is InChI=1S/C22H19BrN2O4S2/c1-29-21(28)15-6-4-14(5-7-15)13-18-20(27)25(22(30)31-18)12-2-3-19(26)24-17-10-8-16(23)9-11-17/h4-11,13H,2-3,12H2,1H3,(H,24,26)/b18-13-. The van der Waals surface area contributed by atoms with Crippen molar-refractivity contribution < 1.29 is 19.1 Å². The van der Waals surface area contributed by atoms with Crippen LogP contribution in [0.1, 0.15) is 28.8 Å². The molecule has 0 unspecified atom stereocenters. The van der Waals surface area contributed by atoms with E-state index < -0.39 is 5.97 Å². The van der Waals surface area contributed by atoms with E-state index in [1.54, 1.807) is 30.3 Å². The fraction of sp³-hybridized carbons (Fsp3) is 0.182. The van der Waals surface area contributed by atoms with E-state index in [0.717, 1.165) is 15.7 Å². The van der Waals surface area contributed by atoms with Crippen molar-refractivity contribution in [1.29, 1.82) is 0 Å². The Balaban J connectivity index is 1.53. The normalized spacial score (nSPS) is 14.8. The maximum Gasteiger partial charge on any atom is 0.337 e. The summed E-state index contributed by atoms with van der Waals surface area (Å²) in [6.07, 6.45) is 2.51. The van der Waals surface area contributed by atoms with E-state index in [1.807, 2.05) is 24.3 Å². The number of nitrogens with zero attached hydrogens (tertiary/aromatic N) is 1. The maximum absolute atomic E-state index is 12.7. The van der Waals surface area contributed by atoms with Crippen LogP contribution in [0.15, 0.2) is 57.9 Å². The molecule has 0 spiro atoms. The SMILES string of the molecule is COC(=O)c1ccc(/C=C2\SC(=S)N(CCCC(=O)Nc3ccc(Br)cc3)C2=O)cc1. The molecule has 0 saturated carbocycles. The summed E-state index contributed by atoms with van der Waals surface area (Å²) in [5, 5.41) is 2.83. The number of nitrogens with one attached hydrogen (secondary N) is 1. The molecule has 1 saturated heterocycles. The Kier molecular flexibility index (Phi) is 8.00. The third-order valence-corrected chi connectivity index (χ3v) is 6.32. The molecule has 1 aliphatic heterocycles. The Labute approximate surface area is 198 Å². The number of halogens is 1. The Morgan fingerprint density at radius 2 is 1.84 bits per heavy atom. The number of benzene rings is 2. The Bertz CT molecular complexity index is 1040. The summed E-state index contributed by atoms with van der Waals surface area (Å²) in [7, 11) is 1.33. The number of carbonyl (C=O) groups is 3. The minimum Gasteiger partial charge on any atom is -0.465 e. The maximum atomic E-state index is 12.7. The zero-order valence-corrected chi connectivity index (χ0v) is 19.8. The minimum absolute atomic E-state index is 0.117. The first-order chi connectivity index (χ1) is 14.9. The van der Waals surface area contributed by atoms with E-state index in [0.29, 0.717) is 27.8 Å². The lowest BCUT2D eigenvalue weighted by Gasteiger charge is -2.14. The average Bonchev–Trinajstić information content (AvgIpc) is 3.02. The van der Waals surface area contributed by atoms with Crippen LogP contribution in [0.25, 0.3) is 6.08 Å². The van der Waals surface area contributed by atoms with Gasteiger partial charge in [-0.15, -0.1) is 0 Å². The number of methoxy groups -OCH3 is 1. The molecule has 1 fully saturated rings. The summed E-state index contributed by atoms with van der Waals surface area (Å²) in [4.78, 5) is 38.4. The van der Waals surface area contributed by atoms with Crippen LogP contribution < -0.4 is 5.32 Å². The van der Waals surface area contributed by atoms with Crippen molar-refractivity contribution in [3.8, 4) is 0 Å². The molecule has 2 aromatic rings. The highest BCUT2D eigenvalue weighted by atomic mass is 79.9. The molecule has 0 bridgehead atoms. The number of ether oxygens (including phenoxy) is 1. The van der Waals surface area contributed by atoms with Crippen LogP contribution in [-0.4, -0.2) is 40.7 Å². The predicted molar refractivity (Wildman–Crippen MR) is 130 cm³/mol. The number of thioether (sulfide) groups is 1. The molecule has 0 atom stereocenters. The molecule has 160 valence electrons. The molecule has 0 radical (unpaired) electrons. The number of carbonyl (C=O) groups excluding carboxylic acids is 3. The molecule has 9 heteroatoms. The molecule has 31 heavy (non-hydrogen) atoms. The van der Waals surface area contributed by atoms with Gasteiger partial charge in [0, 0.05) is 23.1 Å². The first-order valence-corrected chi connectivity index (χ1v) is 11.4. The van der Waals surface area contributed by atoms with Gasteiger partial charge in [-0.1, -0.05) is 52.0 Å². The van der Waals surface area contributed by atoms with E-state index in [2.05, 4.69) is 26.0 Å². The number of esters is 1. The van der Waals surface area contributed by atoms with Crippen molar-refractivity contribution in [3.63, 3.8) is 0 Å². The molecule has 2 aromatic carbocycles. The van der Waals surface area contributed by atoms with E-state index in [4.69, 9.17) is 12.2 Å². The second-order valence-electron chi connectivity index (χ2n) is 6.61. The van der Waals surface area contributed by atoms with Gasteiger partial charge < -0.3 is 10.1 Å². The van der Waals surface area contributed by atoms with Crippen molar-refractivity contribution in [2.75, 3.05) is 19.0 Å². The smallest absolute Gasteiger partial charge is 0.337 e. The van der Waals surface area contributed by atoms with Gasteiger partial charge in [0.1, 0.15) is 4.32 Å². The number of amides is 2. The largest absolute Gasteiger partial charge is 0.465 e. The zero-order chi connectivity index (χ0) is 22.4. The Morgan fingerprint density at radius 3 is 2.48 bits per heavy atom. The summed E-state index contributed by atoms with van der Waals surface area (Å²) in [6.45, 7) is 0.372. The van der Waals surface area contributed by atoms with Crippen LogP contribution in [0, 0.1) is 0 Å². The molecular weight excluding hydrogens is 500 g/mol. The first-order valence-electron chi connectivity index (χ1n) is 9.36. The average molecular weight is 519 g/mol. The number of anilines is 1. The van der Waals surface area contributed by atoms with Gasteiger partial charge in [-0.2, -0.15) is 0 Å². The Morgan fingerprint density at radius 1 is 1.16 bits per heavy atom. The third kappa shape index (κ3) is 6.25. The number of hydrogen-bond acceptors (Lipinski definition) is 6. The van der Waals surface area contributed by atoms with Crippen LogP contribution in [0.3, 0.4) is 0 Å². The Hall–Kier alpha value is -2.49. The van der Waals surface area contributed by atoms with Crippen molar-refractivity contribution in [2.45, 2.75) is 12.8 Å². The number of rotatable bonds is 7. The highest BCUT2D eigenvalue weighted by Gasteiger charge is 2.31. The lowest BCUT2D eigenvalue weighted by molar-refractivity contribution is -0.122. The fourth-order valence-corrected chi connectivity index (χ4v) is 4.40. The lowest BCUT2D eigenvalue weighted by atomic mass is 10.1. The van der Waals surface area contributed by atoms with E-state index in [1.165, 1.54) is 23.8 Å². The molecule has 1 heterocycles. The summed E-state index contributed by atoms with van der Waals surface area (Å²) in [5.74, 6) is -0.712. The zero-order valence-electron chi connectivity index (χ0n) is 16.6. The number of thiocarbonyl (C=S) groups is 1. The second-order valence-corrected chi connectivity index (χ2v) is 9.20. The van der Waals surface area contributed by atoms with Crippen LogP contribution in [-0.2, 0) is 14.3 Å². The summed E-state index contributed by atoms with van der Waals surface area (Å²) in [6, 6.07) is 14.1. The van der Waals surface area contributed by atoms with Gasteiger partial charge in [0.05, 0.1) is 17.6 Å². The van der Waals surface area contributed by atoms with Crippen molar-refractivity contribution in [2.24, 2.45) is 0 Å². The lowest BCUT2D eigenvalue weighted by Crippen LogP contribution is -2.29. The molecule has 3 rings (SSSR count). The summed E-state index contributed by atoms with van der Waals surface area (Å²) >= 11 is 9.92. The van der Waals surface area contributed by atoms with E-state index in [-0.39, 0.29) is 18.2 Å². The number of hydrogen-bond donors (Lipinski definition) is 1. The van der Waals surface area contributed by atoms with Crippen LogP contribution in [0.4, 0.5) is 5.69 Å². The van der Waals surface area contributed by atoms with Crippen LogP contribution in [0.5, 0.6) is 0 Å². The summed E-state index contributed by atoms with van der Waals surface area (Å²) in [5.41, 5.74) is 1.94. The van der Waals surface area contributed by atoms with Gasteiger partial charge in [-0.3, -0.25) is 14.5 Å². The fourth-order valence-electron chi connectivity index (χ4n) is 2.83. The van der Waals surface area contributed by atoms with Gasteiger partial charge in [0.15, 0.2) is 0 Å².